The van der Waals surface area contributed by atoms with Gasteiger partial charge in [0.05, 0.1) is 10.5 Å². The summed E-state index contributed by atoms with van der Waals surface area (Å²) in [5.74, 6) is -0.0521. The second-order valence-electron chi connectivity index (χ2n) is 8.56. The smallest absolute Gasteiger partial charge is 0.338 e. The maximum absolute atomic E-state index is 12.2. The van der Waals surface area contributed by atoms with E-state index >= 15 is 0 Å². The molecule has 1 heterocycles. The van der Waals surface area contributed by atoms with Crippen molar-refractivity contribution < 1.29 is 19.2 Å². The molecule has 7 heteroatoms. The number of ketones is 1. The molecule has 148 valence electrons. The van der Waals surface area contributed by atoms with E-state index in [2.05, 4.69) is 13.8 Å². The topological polar surface area (TPSA) is 89.8 Å². The molecular weight excluding hydrogens is 348 g/mol. The molecule has 1 fully saturated rings. The first kappa shape index (κ1) is 20.9. The first-order valence-corrected chi connectivity index (χ1v) is 9.23. The van der Waals surface area contributed by atoms with Gasteiger partial charge in [0, 0.05) is 24.6 Å². The summed E-state index contributed by atoms with van der Waals surface area (Å²) in [6.07, 6.45) is 1.09. The Hall–Kier alpha value is -2.44. The third-order valence-corrected chi connectivity index (χ3v) is 4.79. The number of nitrogens with zero attached hydrogens (tertiary/aromatic N) is 2. The Labute approximate surface area is 159 Å². The van der Waals surface area contributed by atoms with Crippen LogP contribution in [0.25, 0.3) is 0 Å². The highest BCUT2D eigenvalue weighted by Crippen LogP contribution is 2.34. The minimum Gasteiger partial charge on any atom is -0.454 e. The van der Waals surface area contributed by atoms with Crippen LogP contribution in [0.3, 0.4) is 0 Å². The van der Waals surface area contributed by atoms with Crippen LogP contribution in [0.1, 0.15) is 51.4 Å². The summed E-state index contributed by atoms with van der Waals surface area (Å²) >= 11 is 0. The van der Waals surface area contributed by atoms with Gasteiger partial charge in [0.25, 0.3) is 5.69 Å². The number of benzene rings is 1. The fraction of sp³-hybridized carbons (Fsp3) is 0.600. The van der Waals surface area contributed by atoms with Crippen LogP contribution in [0.15, 0.2) is 18.2 Å². The fourth-order valence-electron chi connectivity index (χ4n) is 3.35. The monoisotopic (exact) mass is 376 g/mol. The molecule has 0 spiro atoms. The Kier molecular flexibility index (Phi) is 6.23. The largest absolute Gasteiger partial charge is 0.454 e. The molecule has 0 amide bonds. The number of hydrogen-bond acceptors (Lipinski definition) is 6. The standard InChI is InChI=1S/C20H28N2O5/c1-13-8-14(2)11-21(10-13)16-7-6-15(9-17(16)22(25)26)19(24)27-12-18(23)20(3,4)5/h6-7,9,13-14H,8,10-12H2,1-5H3. The van der Waals surface area contributed by atoms with E-state index in [4.69, 9.17) is 4.74 Å². The van der Waals surface area contributed by atoms with Crippen molar-refractivity contribution in [3.05, 3.63) is 33.9 Å². The summed E-state index contributed by atoms with van der Waals surface area (Å²) in [5, 5.41) is 11.6. The molecule has 0 N–H and O–H groups in total. The van der Waals surface area contributed by atoms with Gasteiger partial charge in [-0.1, -0.05) is 34.6 Å². The van der Waals surface area contributed by atoms with Crippen molar-refractivity contribution in [2.45, 2.75) is 41.0 Å². The number of piperidine rings is 1. The molecule has 1 aliphatic rings. The summed E-state index contributed by atoms with van der Waals surface area (Å²) in [6, 6.07) is 4.37. The maximum atomic E-state index is 12.2. The van der Waals surface area contributed by atoms with Gasteiger partial charge in [-0.15, -0.1) is 0 Å². The first-order chi connectivity index (χ1) is 12.5. The zero-order valence-electron chi connectivity index (χ0n) is 16.7. The minimum atomic E-state index is -0.734. The Bertz CT molecular complexity index is 728. The predicted molar refractivity (Wildman–Crippen MR) is 103 cm³/mol. The molecule has 0 bridgehead atoms. The van der Waals surface area contributed by atoms with Crippen LogP contribution < -0.4 is 4.90 Å². The number of esters is 1. The van der Waals surface area contributed by atoms with Crippen LogP contribution in [0.5, 0.6) is 0 Å². The molecule has 7 nitrogen and oxygen atoms in total. The van der Waals surface area contributed by atoms with Gasteiger partial charge in [-0.3, -0.25) is 14.9 Å². The van der Waals surface area contributed by atoms with E-state index in [0.717, 1.165) is 19.5 Å². The number of Topliss-reactive ketones (excluding diaryl/α,β-unsaturated/α-hetero) is 1. The second-order valence-corrected chi connectivity index (χ2v) is 8.56. The molecule has 27 heavy (non-hydrogen) atoms. The van der Waals surface area contributed by atoms with Crippen LogP contribution >= 0.6 is 0 Å². The average molecular weight is 376 g/mol. The SMILES string of the molecule is CC1CC(C)CN(c2ccc(C(=O)OCC(=O)C(C)(C)C)cc2[N+](=O)[O-])C1. The molecule has 1 aromatic carbocycles. The Balaban J connectivity index is 2.21. The van der Waals surface area contributed by atoms with Crippen LogP contribution in [-0.2, 0) is 9.53 Å². The summed E-state index contributed by atoms with van der Waals surface area (Å²) in [7, 11) is 0. The molecule has 0 aliphatic carbocycles. The lowest BCUT2D eigenvalue weighted by atomic mass is 9.91. The number of anilines is 1. The van der Waals surface area contributed by atoms with E-state index in [0.29, 0.717) is 17.5 Å². The Morgan fingerprint density at radius 3 is 2.33 bits per heavy atom. The van der Waals surface area contributed by atoms with Gasteiger partial charge in [0.15, 0.2) is 12.4 Å². The molecule has 0 aromatic heterocycles. The quantitative estimate of drug-likeness (QED) is 0.440. The minimum absolute atomic E-state index is 0.0743. The van der Waals surface area contributed by atoms with Crippen molar-refractivity contribution >= 4 is 23.1 Å². The normalized spacial score (nSPS) is 20.3. The van der Waals surface area contributed by atoms with E-state index in [1.54, 1.807) is 26.8 Å². The molecule has 1 aromatic rings. The summed E-state index contributed by atoms with van der Waals surface area (Å²) in [6.45, 7) is 10.6. The number of nitro benzene ring substituents is 1. The second kappa shape index (κ2) is 8.06. The van der Waals surface area contributed by atoms with Crippen LogP contribution in [-0.4, -0.2) is 36.4 Å². The highest BCUT2D eigenvalue weighted by molar-refractivity contribution is 5.94. The van der Waals surface area contributed by atoms with Crippen LogP contribution in [0.4, 0.5) is 11.4 Å². The van der Waals surface area contributed by atoms with Crippen molar-refractivity contribution in [3.63, 3.8) is 0 Å². The van der Waals surface area contributed by atoms with E-state index in [9.17, 15) is 19.7 Å². The molecule has 2 rings (SSSR count). The number of hydrogen-bond donors (Lipinski definition) is 0. The van der Waals surface area contributed by atoms with Gasteiger partial charge in [-0.2, -0.15) is 0 Å². The van der Waals surface area contributed by atoms with E-state index in [-0.39, 0.29) is 23.6 Å². The summed E-state index contributed by atoms with van der Waals surface area (Å²) < 4.78 is 5.05. The van der Waals surface area contributed by atoms with Gasteiger partial charge in [0.1, 0.15) is 5.69 Å². The number of nitro groups is 1. The third-order valence-electron chi connectivity index (χ3n) is 4.79. The van der Waals surface area contributed by atoms with Gasteiger partial charge in [0.2, 0.25) is 0 Å². The van der Waals surface area contributed by atoms with Gasteiger partial charge >= 0.3 is 5.97 Å². The Morgan fingerprint density at radius 2 is 1.81 bits per heavy atom. The average Bonchev–Trinajstić information content (AvgIpc) is 2.56. The van der Waals surface area contributed by atoms with Gasteiger partial charge < -0.3 is 9.64 Å². The molecule has 0 saturated carbocycles. The van der Waals surface area contributed by atoms with E-state index < -0.39 is 16.3 Å². The maximum Gasteiger partial charge on any atom is 0.338 e. The molecular formula is C20H28N2O5. The number of rotatable bonds is 5. The molecule has 1 aliphatic heterocycles. The zero-order chi connectivity index (χ0) is 20.4. The fourth-order valence-corrected chi connectivity index (χ4v) is 3.35. The van der Waals surface area contributed by atoms with Crippen molar-refractivity contribution in [2.75, 3.05) is 24.6 Å². The first-order valence-electron chi connectivity index (χ1n) is 9.23. The Morgan fingerprint density at radius 1 is 1.22 bits per heavy atom. The molecule has 1 saturated heterocycles. The molecule has 2 atom stereocenters. The van der Waals surface area contributed by atoms with Crippen LogP contribution in [0.2, 0.25) is 0 Å². The van der Waals surface area contributed by atoms with Crippen molar-refractivity contribution in [1.82, 2.24) is 0 Å². The summed E-state index contributed by atoms with van der Waals surface area (Å²) in [5.41, 5.74) is -0.142. The third kappa shape index (κ3) is 5.28. The molecule has 0 radical (unpaired) electrons. The number of carbonyl (C=O) groups is 2. The van der Waals surface area contributed by atoms with Crippen molar-refractivity contribution in [2.24, 2.45) is 17.3 Å². The lowest BCUT2D eigenvalue weighted by Crippen LogP contribution is -2.39. The number of ether oxygens (including phenoxy) is 1. The highest BCUT2D eigenvalue weighted by Gasteiger charge is 2.28. The number of carbonyl (C=O) groups excluding carboxylic acids is 2. The van der Waals surface area contributed by atoms with Gasteiger partial charge in [-0.25, -0.2) is 4.79 Å². The zero-order valence-corrected chi connectivity index (χ0v) is 16.7. The van der Waals surface area contributed by atoms with Crippen LogP contribution in [0, 0.1) is 27.4 Å². The van der Waals surface area contributed by atoms with Crippen molar-refractivity contribution in [1.29, 1.82) is 0 Å². The lowest BCUT2D eigenvalue weighted by molar-refractivity contribution is -0.384. The van der Waals surface area contributed by atoms with Crippen molar-refractivity contribution in [3.8, 4) is 0 Å². The summed E-state index contributed by atoms with van der Waals surface area (Å²) in [4.78, 5) is 37.2. The van der Waals surface area contributed by atoms with E-state index in [1.807, 2.05) is 4.90 Å². The molecule has 2 unspecified atom stereocenters. The predicted octanol–water partition coefficient (Wildman–Crippen LogP) is 3.85. The van der Waals surface area contributed by atoms with Gasteiger partial charge in [-0.05, 0) is 30.4 Å². The highest BCUT2D eigenvalue weighted by atomic mass is 16.6. The van der Waals surface area contributed by atoms with E-state index in [1.165, 1.54) is 12.1 Å². The lowest BCUT2D eigenvalue weighted by Gasteiger charge is -2.36.